The summed E-state index contributed by atoms with van der Waals surface area (Å²) in [4.78, 5) is 18.7. The third-order valence-electron chi connectivity index (χ3n) is 4.80. The largest absolute Gasteiger partial charge is 0.371 e. The highest BCUT2D eigenvalue weighted by Crippen LogP contribution is 2.36. The lowest BCUT2D eigenvalue weighted by Gasteiger charge is -2.23. The fourth-order valence-electron chi connectivity index (χ4n) is 3.59. The van der Waals surface area contributed by atoms with Crippen LogP contribution in [0, 0.1) is 11.3 Å². The highest BCUT2D eigenvalue weighted by molar-refractivity contribution is 7.08. The van der Waals surface area contributed by atoms with Gasteiger partial charge in [-0.2, -0.15) is 16.6 Å². The number of hydrogen-bond acceptors (Lipinski definition) is 6. The second-order valence-electron chi connectivity index (χ2n) is 6.55. The van der Waals surface area contributed by atoms with Gasteiger partial charge in [0.05, 0.1) is 30.4 Å². The SMILES string of the molecule is N#Cc1cccc(N[C@H]2CO[C@]3(CCN(C(=O)c4ccsc4)C3)C2)n1. The molecule has 2 aromatic heterocycles. The van der Waals surface area contributed by atoms with E-state index in [4.69, 9.17) is 10.00 Å². The van der Waals surface area contributed by atoms with Crippen LogP contribution in [0.1, 0.15) is 28.9 Å². The molecule has 0 radical (unpaired) electrons. The minimum atomic E-state index is -0.268. The van der Waals surface area contributed by atoms with E-state index in [-0.39, 0.29) is 17.6 Å². The molecule has 6 nitrogen and oxygen atoms in total. The Bertz CT molecular complexity index is 817. The molecule has 0 saturated carbocycles. The number of carbonyl (C=O) groups excluding carboxylic acids is 1. The van der Waals surface area contributed by atoms with E-state index in [1.165, 1.54) is 11.3 Å². The Morgan fingerprint density at radius 3 is 3.20 bits per heavy atom. The van der Waals surface area contributed by atoms with E-state index < -0.39 is 0 Å². The van der Waals surface area contributed by atoms with E-state index >= 15 is 0 Å². The number of ether oxygens (including phenoxy) is 1. The zero-order valence-electron chi connectivity index (χ0n) is 13.6. The standard InChI is InChI=1S/C18H18N4O2S/c19-9-14-2-1-3-16(20-14)21-15-8-18(24-10-15)5-6-22(12-18)17(23)13-4-7-25-11-13/h1-4,7,11,15H,5-6,8,10,12H2,(H,20,21)/t15-,18-/m1/s1. The van der Waals surface area contributed by atoms with E-state index in [0.717, 1.165) is 24.9 Å². The first-order valence-corrected chi connectivity index (χ1v) is 9.21. The van der Waals surface area contributed by atoms with Crippen LogP contribution in [-0.4, -0.2) is 47.1 Å². The number of thiophene rings is 1. The van der Waals surface area contributed by atoms with Gasteiger partial charge < -0.3 is 15.0 Å². The van der Waals surface area contributed by atoms with Gasteiger partial charge in [0.1, 0.15) is 17.6 Å². The van der Waals surface area contributed by atoms with Gasteiger partial charge in [0, 0.05) is 18.3 Å². The Labute approximate surface area is 150 Å². The van der Waals surface area contributed by atoms with Gasteiger partial charge in [0.25, 0.3) is 5.91 Å². The maximum atomic E-state index is 12.5. The van der Waals surface area contributed by atoms with Gasteiger partial charge in [-0.25, -0.2) is 4.98 Å². The summed E-state index contributed by atoms with van der Waals surface area (Å²) in [6, 6.07) is 9.40. The Balaban J connectivity index is 1.39. The van der Waals surface area contributed by atoms with Crippen LogP contribution in [0.25, 0.3) is 0 Å². The highest BCUT2D eigenvalue weighted by atomic mass is 32.1. The minimum absolute atomic E-state index is 0.0847. The first-order valence-electron chi connectivity index (χ1n) is 8.27. The lowest BCUT2D eigenvalue weighted by Crippen LogP contribution is -2.36. The number of nitrogens with zero attached hydrogens (tertiary/aromatic N) is 3. The molecule has 1 spiro atoms. The van der Waals surface area contributed by atoms with E-state index in [2.05, 4.69) is 10.3 Å². The van der Waals surface area contributed by atoms with Crippen molar-refractivity contribution < 1.29 is 9.53 Å². The third kappa shape index (κ3) is 3.23. The van der Waals surface area contributed by atoms with Crippen LogP contribution < -0.4 is 5.32 Å². The predicted molar refractivity (Wildman–Crippen MR) is 94.5 cm³/mol. The average molecular weight is 354 g/mol. The highest BCUT2D eigenvalue weighted by Gasteiger charge is 2.46. The number of pyridine rings is 1. The first-order chi connectivity index (χ1) is 12.2. The maximum absolute atomic E-state index is 12.5. The summed E-state index contributed by atoms with van der Waals surface area (Å²) in [6.45, 7) is 1.94. The molecule has 7 heteroatoms. The number of carbonyl (C=O) groups is 1. The number of rotatable bonds is 3. The summed E-state index contributed by atoms with van der Waals surface area (Å²) in [5.41, 5.74) is 0.884. The zero-order chi connectivity index (χ0) is 17.3. The number of aromatic nitrogens is 1. The number of anilines is 1. The fourth-order valence-corrected chi connectivity index (χ4v) is 4.22. The molecule has 0 bridgehead atoms. The molecule has 0 aliphatic carbocycles. The van der Waals surface area contributed by atoms with E-state index in [9.17, 15) is 4.79 Å². The summed E-state index contributed by atoms with van der Waals surface area (Å²) in [5, 5.41) is 16.1. The Morgan fingerprint density at radius 1 is 1.48 bits per heavy atom. The van der Waals surface area contributed by atoms with Gasteiger partial charge >= 0.3 is 0 Å². The number of hydrogen-bond donors (Lipinski definition) is 1. The van der Waals surface area contributed by atoms with E-state index in [0.29, 0.717) is 24.7 Å². The van der Waals surface area contributed by atoms with Crippen molar-refractivity contribution in [2.45, 2.75) is 24.5 Å². The second-order valence-corrected chi connectivity index (χ2v) is 7.33. The van der Waals surface area contributed by atoms with Crippen molar-refractivity contribution in [1.82, 2.24) is 9.88 Å². The molecule has 1 N–H and O–H groups in total. The summed E-state index contributed by atoms with van der Waals surface area (Å²) in [6.07, 6.45) is 1.69. The summed E-state index contributed by atoms with van der Waals surface area (Å²) < 4.78 is 6.09. The topological polar surface area (TPSA) is 78.2 Å². The molecule has 25 heavy (non-hydrogen) atoms. The minimum Gasteiger partial charge on any atom is -0.371 e. The normalized spacial score (nSPS) is 25.2. The summed E-state index contributed by atoms with van der Waals surface area (Å²) in [5.74, 6) is 0.774. The van der Waals surface area contributed by atoms with Crippen molar-refractivity contribution in [2.75, 3.05) is 25.0 Å². The molecule has 2 atom stereocenters. The number of amides is 1. The molecule has 0 unspecified atom stereocenters. The van der Waals surface area contributed by atoms with Crippen LogP contribution >= 0.6 is 11.3 Å². The van der Waals surface area contributed by atoms with Gasteiger partial charge in [0.15, 0.2) is 0 Å². The van der Waals surface area contributed by atoms with Crippen LogP contribution in [0.4, 0.5) is 5.82 Å². The second kappa shape index (κ2) is 6.47. The Hall–Kier alpha value is -2.43. The van der Waals surface area contributed by atoms with E-state index in [1.807, 2.05) is 39.9 Å². The quantitative estimate of drug-likeness (QED) is 0.916. The molecule has 2 saturated heterocycles. The third-order valence-corrected chi connectivity index (χ3v) is 5.48. The Kier molecular flexibility index (Phi) is 4.15. The number of nitrogens with one attached hydrogen (secondary N) is 1. The monoisotopic (exact) mass is 354 g/mol. The van der Waals surface area contributed by atoms with Crippen molar-refractivity contribution in [2.24, 2.45) is 0 Å². The van der Waals surface area contributed by atoms with Gasteiger partial charge in [-0.15, -0.1) is 0 Å². The summed E-state index contributed by atoms with van der Waals surface area (Å²) >= 11 is 1.54. The molecule has 1 amide bonds. The molecule has 4 heterocycles. The lowest BCUT2D eigenvalue weighted by atomic mass is 9.97. The fraction of sp³-hybridized carbons (Fsp3) is 0.389. The molecule has 0 aromatic carbocycles. The van der Waals surface area contributed by atoms with Crippen LogP contribution in [0.15, 0.2) is 35.0 Å². The van der Waals surface area contributed by atoms with Crippen molar-refractivity contribution in [3.05, 3.63) is 46.3 Å². The number of nitriles is 1. The van der Waals surface area contributed by atoms with Gasteiger partial charge in [-0.05, 0) is 30.0 Å². The van der Waals surface area contributed by atoms with Gasteiger partial charge in [-0.1, -0.05) is 6.07 Å². The van der Waals surface area contributed by atoms with Crippen molar-refractivity contribution >= 4 is 23.1 Å². The molecule has 2 fully saturated rings. The smallest absolute Gasteiger partial charge is 0.254 e. The van der Waals surface area contributed by atoms with Gasteiger partial charge in [0.2, 0.25) is 0 Å². The molecule has 2 aliphatic rings. The number of likely N-dealkylation sites (tertiary alicyclic amines) is 1. The van der Waals surface area contributed by atoms with Crippen molar-refractivity contribution in [3.63, 3.8) is 0 Å². The molecule has 128 valence electrons. The molecule has 2 aliphatic heterocycles. The molecular weight excluding hydrogens is 336 g/mol. The molecule has 4 rings (SSSR count). The zero-order valence-corrected chi connectivity index (χ0v) is 14.5. The average Bonchev–Trinajstić information content (AvgIpc) is 3.37. The van der Waals surface area contributed by atoms with Crippen LogP contribution in [0.5, 0.6) is 0 Å². The van der Waals surface area contributed by atoms with Crippen LogP contribution in [0.3, 0.4) is 0 Å². The summed E-state index contributed by atoms with van der Waals surface area (Å²) in [7, 11) is 0. The predicted octanol–water partition coefficient (Wildman–Crippen LogP) is 2.50. The van der Waals surface area contributed by atoms with Crippen molar-refractivity contribution in [1.29, 1.82) is 5.26 Å². The van der Waals surface area contributed by atoms with E-state index in [1.54, 1.807) is 6.07 Å². The van der Waals surface area contributed by atoms with Crippen molar-refractivity contribution in [3.8, 4) is 6.07 Å². The first kappa shape index (κ1) is 16.1. The Morgan fingerprint density at radius 2 is 2.40 bits per heavy atom. The van der Waals surface area contributed by atoms with Crippen LogP contribution in [0.2, 0.25) is 0 Å². The van der Waals surface area contributed by atoms with Gasteiger partial charge in [-0.3, -0.25) is 4.79 Å². The van der Waals surface area contributed by atoms with Crippen LogP contribution in [-0.2, 0) is 4.74 Å². The molecule has 2 aromatic rings. The molecular formula is C18H18N4O2S. The maximum Gasteiger partial charge on any atom is 0.254 e. The lowest BCUT2D eigenvalue weighted by molar-refractivity contribution is 0.0125.